The Morgan fingerprint density at radius 1 is 1.24 bits per heavy atom. The van der Waals surface area contributed by atoms with Crippen LogP contribution >= 0.6 is 23.4 Å². The van der Waals surface area contributed by atoms with Crippen LogP contribution in [0.5, 0.6) is 0 Å². The average molecular weight is 373 g/mol. The molecule has 128 valence electrons. The van der Waals surface area contributed by atoms with Crippen LogP contribution in [-0.2, 0) is 11.3 Å². The number of benzene rings is 2. The first kappa shape index (κ1) is 17.5. The third-order valence-electron chi connectivity index (χ3n) is 3.60. The van der Waals surface area contributed by atoms with E-state index in [-0.39, 0.29) is 11.7 Å². The number of nitrogens with one attached hydrogen (secondary N) is 1. The molecular weight excluding hydrogens is 356 g/mol. The summed E-state index contributed by atoms with van der Waals surface area (Å²) in [5.74, 6) is 0.204. The van der Waals surface area contributed by atoms with Crippen LogP contribution in [0.3, 0.4) is 0 Å². The van der Waals surface area contributed by atoms with Gasteiger partial charge < -0.3 is 5.32 Å². The van der Waals surface area contributed by atoms with Gasteiger partial charge in [0.15, 0.2) is 5.16 Å². The SMILES string of the molecule is Cc1ccccc1-n1cnnc1SCC(=O)NCc1cccc(Cl)c1. The number of carbonyl (C=O) groups is 1. The molecule has 0 spiro atoms. The lowest BCUT2D eigenvalue weighted by molar-refractivity contribution is -0.118. The highest BCUT2D eigenvalue weighted by Gasteiger charge is 2.11. The summed E-state index contributed by atoms with van der Waals surface area (Å²) in [7, 11) is 0. The molecule has 3 aromatic rings. The van der Waals surface area contributed by atoms with Crippen LogP contribution in [0.4, 0.5) is 0 Å². The second kappa shape index (κ2) is 8.18. The zero-order chi connectivity index (χ0) is 17.6. The van der Waals surface area contributed by atoms with E-state index >= 15 is 0 Å². The van der Waals surface area contributed by atoms with Crippen LogP contribution in [0.1, 0.15) is 11.1 Å². The molecular formula is C18H17ClN4OS. The van der Waals surface area contributed by atoms with Crippen molar-refractivity contribution in [3.05, 3.63) is 71.0 Å². The van der Waals surface area contributed by atoms with E-state index < -0.39 is 0 Å². The molecule has 0 saturated heterocycles. The van der Waals surface area contributed by atoms with Crippen molar-refractivity contribution in [2.45, 2.75) is 18.6 Å². The smallest absolute Gasteiger partial charge is 0.230 e. The molecule has 2 aromatic carbocycles. The van der Waals surface area contributed by atoms with Gasteiger partial charge in [-0.2, -0.15) is 0 Å². The van der Waals surface area contributed by atoms with Crippen molar-refractivity contribution >= 4 is 29.3 Å². The summed E-state index contributed by atoms with van der Waals surface area (Å²) in [5, 5.41) is 12.3. The molecule has 1 amide bonds. The van der Waals surface area contributed by atoms with E-state index in [0.717, 1.165) is 16.8 Å². The molecule has 1 N–H and O–H groups in total. The Labute approximate surface area is 155 Å². The quantitative estimate of drug-likeness (QED) is 0.671. The monoisotopic (exact) mass is 372 g/mol. The van der Waals surface area contributed by atoms with Crippen LogP contribution in [0.2, 0.25) is 5.02 Å². The summed E-state index contributed by atoms with van der Waals surface area (Å²) in [6, 6.07) is 15.4. The van der Waals surface area contributed by atoms with E-state index in [4.69, 9.17) is 11.6 Å². The fourth-order valence-electron chi connectivity index (χ4n) is 2.35. The fraction of sp³-hybridized carbons (Fsp3) is 0.167. The molecule has 0 aliphatic carbocycles. The standard InChI is InChI=1S/C18H17ClN4OS/c1-13-5-2-3-8-16(13)23-12-21-22-18(23)25-11-17(24)20-10-14-6-4-7-15(19)9-14/h2-9,12H,10-11H2,1H3,(H,20,24). The third kappa shape index (κ3) is 4.61. The molecule has 3 rings (SSSR count). The highest BCUT2D eigenvalue weighted by molar-refractivity contribution is 7.99. The largest absolute Gasteiger partial charge is 0.351 e. The maximum Gasteiger partial charge on any atom is 0.230 e. The topological polar surface area (TPSA) is 59.8 Å². The first-order chi connectivity index (χ1) is 12.1. The van der Waals surface area contributed by atoms with Crippen LogP contribution in [0.25, 0.3) is 5.69 Å². The van der Waals surface area contributed by atoms with E-state index in [1.54, 1.807) is 12.4 Å². The van der Waals surface area contributed by atoms with E-state index in [9.17, 15) is 4.79 Å². The minimum absolute atomic E-state index is 0.0655. The first-order valence-electron chi connectivity index (χ1n) is 7.73. The molecule has 0 saturated carbocycles. The van der Waals surface area contributed by atoms with Crippen molar-refractivity contribution in [3.63, 3.8) is 0 Å². The number of amides is 1. The first-order valence-corrected chi connectivity index (χ1v) is 9.10. The minimum Gasteiger partial charge on any atom is -0.351 e. The van der Waals surface area contributed by atoms with E-state index in [1.807, 2.05) is 54.0 Å². The minimum atomic E-state index is -0.0655. The summed E-state index contributed by atoms with van der Waals surface area (Å²) < 4.78 is 1.89. The van der Waals surface area contributed by atoms with E-state index in [2.05, 4.69) is 15.5 Å². The molecule has 7 heteroatoms. The highest BCUT2D eigenvalue weighted by atomic mass is 35.5. The molecule has 1 aromatic heterocycles. The zero-order valence-corrected chi connectivity index (χ0v) is 15.2. The van der Waals surface area contributed by atoms with Crippen molar-refractivity contribution in [2.75, 3.05) is 5.75 Å². The van der Waals surface area contributed by atoms with Gasteiger partial charge in [0.1, 0.15) is 6.33 Å². The van der Waals surface area contributed by atoms with Gasteiger partial charge in [-0.15, -0.1) is 10.2 Å². The second-order valence-electron chi connectivity index (χ2n) is 5.47. The Morgan fingerprint density at radius 3 is 2.88 bits per heavy atom. The van der Waals surface area contributed by atoms with Gasteiger partial charge in [0.2, 0.25) is 5.91 Å². The fourth-order valence-corrected chi connectivity index (χ4v) is 3.32. The number of thioether (sulfide) groups is 1. The van der Waals surface area contributed by atoms with Crippen molar-refractivity contribution in [2.24, 2.45) is 0 Å². The molecule has 0 unspecified atom stereocenters. The van der Waals surface area contributed by atoms with Gasteiger partial charge in [-0.1, -0.05) is 53.7 Å². The third-order valence-corrected chi connectivity index (χ3v) is 4.78. The van der Waals surface area contributed by atoms with Gasteiger partial charge in [-0.25, -0.2) is 0 Å². The molecule has 25 heavy (non-hydrogen) atoms. The summed E-state index contributed by atoms with van der Waals surface area (Å²) in [5.41, 5.74) is 3.10. The van der Waals surface area contributed by atoms with Crippen molar-refractivity contribution in [1.82, 2.24) is 20.1 Å². The zero-order valence-electron chi connectivity index (χ0n) is 13.6. The molecule has 0 radical (unpaired) electrons. The summed E-state index contributed by atoms with van der Waals surface area (Å²) in [6.45, 7) is 2.48. The summed E-state index contributed by atoms with van der Waals surface area (Å²) in [4.78, 5) is 12.1. The second-order valence-corrected chi connectivity index (χ2v) is 6.84. The molecule has 0 fully saturated rings. The van der Waals surface area contributed by atoms with Crippen LogP contribution in [-0.4, -0.2) is 26.4 Å². The van der Waals surface area contributed by atoms with Crippen molar-refractivity contribution in [3.8, 4) is 5.69 Å². The van der Waals surface area contributed by atoms with Crippen molar-refractivity contribution < 1.29 is 4.79 Å². The predicted molar refractivity (Wildman–Crippen MR) is 100 cm³/mol. The number of para-hydroxylation sites is 1. The number of carbonyl (C=O) groups excluding carboxylic acids is 1. The number of hydrogen-bond acceptors (Lipinski definition) is 4. The summed E-state index contributed by atoms with van der Waals surface area (Å²) in [6.07, 6.45) is 1.66. The Bertz CT molecular complexity index is 881. The molecule has 0 atom stereocenters. The molecule has 0 aliphatic heterocycles. The van der Waals surface area contributed by atoms with Crippen LogP contribution in [0.15, 0.2) is 60.0 Å². The average Bonchev–Trinajstić information content (AvgIpc) is 3.07. The lowest BCUT2D eigenvalue weighted by atomic mass is 10.2. The van der Waals surface area contributed by atoms with Gasteiger partial charge in [-0.05, 0) is 36.2 Å². The normalized spacial score (nSPS) is 10.6. The number of aryl methyl sites for hydroxylation is 1. The van der Waals surface area contributed by atoms with Crippen molar-refractivity contribution in [1.29, 1.82) is 0 Å². The Hall–Kier alpha value is -2.31. The molecule has 0 aliphatic rings. The number of halogens is 1. The number of hydrogen-bond donors (Lipinski definition) is 1. The number of aromatic nitrogens is 3. The van der Waals surface area contributed by atoms with E-state index in [1.165, 1.54) is 11.8 Å². The maximum atomic E-state index is 12.1. The Kier molecular flexibility index (Phi) is 5.73. The molecule has 1 heterocycles. The predicted octanol–water partition coefficient (Wildman–Crippen LogP) is 3.64. The highest BCUT2D eigenvalue weighted by Crippen LogP contribution is 2.21. The Morgan fingerprint density at radius 2 is 2.08 bits per heavy atom. The molecule has 5 nitrogen and oxygen atoms in total. The van der Waals surface area contributed by atoms with Crippen LogP contribution < -0.4 is 5.32 Å². The van der Waals surface area contributed by atoms with Gasteiger partial charge >= 0.3 is 0 Å². The maximum absolute atomic E-state index is 12.1. The number of nitrogens with zero attached hydrogens (tertiary/aromatic N) is 3. The Balaban J connectivity index is 1.58. The summed E-state index contributed by atoms with van der Waals surface area (Å²) >= 11 is 7.30. The lowest BCUT2D eigenvalue weighted by Gasteiger charge is -2.09. The van der Waals surface area contributed by atoms with Gasteiger partial charge in [0.25, 0.3) is 0 Å². The van der Waals surface area contributed by atoms with Gasteiger partial charge in [0.05, 0.1) is 11.4 Å². The number of rotatable bonds is 6. The molecule has 0 bridgehead atoms. The van der Waals surface area contributed by atoms with Gasteiger partial charge in [0, 0.05) is 11.6 Å². The van der Waals surface area contributed by atoms with Gasteiger partial charge in [-0.3, -0.25) is 9.36 Å². The van der Waals surface area contributed by atoms with E-state index in [0.29, 0.717) is 16.7 Å². The lowest BCUT2D eigenvalue weighted by Crippen LogP contribution is -2.24. The van der Waals surface area contributed by atoms with Crippen LogP contribution in [0, 0.1) is 6.92 Å².